The van der Waals surface area contributed by atoms with Gasteiger partial charge in [-0.25, -0.2) is 8.78 Å². The van der Waals surface area contributed by atoms with Crippen LogP contribution in [0.25, 0.3) is 32.9 Å². The molecule has 2 N–H and O–H groups in total. The van der Waals surface area contributed by atoms with Crippen LogP contribution in [-0.4, -0.2) is 81.0 Å². The number of aromatic nitrogens is 3. The number of nitrogens with zero attached hydrogens (tertiary/aromatic N) is 5. The van der Waals surface area contributed by atoms with Gasteiger partial charge in [-0.1, -0.05) is 30.9 Å². The van der Waals surface area contributed by atoms with Crippen LogP contribution in [0.3, 0.4) is 0 Å². The summed E-state index contributed by atoms with van der Waals surface area (Å²) in [4.78, 5) is 18.8. The monoisotopic (exact) mass is 636 g/mol. The normalized spacial score (nSPS) is 30.1. The van der Waals surface area contributed by atoms with E-state index in [1.54, 1.807) is 18.3 Å². The van der Waals surface area contributed by atoms with E-state index in [2.05, 4.69) is 26.0 Å². The molecule has 2 aromatic heterocycles. The van der Waals surface area contributed by atoms with Gasteiger partial charge in [0, 0.05) is 66.9 Å². The van der Waals surface area contributed by atoms with E-state index in [4.69, 9.17) is 21.1 Å². The van der Waals surface area contributed by atoms with Crippen LogP contribution < -0.4 is 15.0 Å². The Kier molecular flexibility index (Phi) is 6.81. The van der Waals surface area contributed by atoms with Gasteiger partial charge in [0.15, 0.2) is 5.82 Å². The molecule has 9 rings (SSSR count). The molecule has 10 heteroatoms. The zero-order valence-electron chi connectivity index (χ0n) is 26.3. The minimum absolute atomic E-state index is 0.0182. The lowest BCUT2D eigenvalue weighted by atomic mass is 9.81. The number of halogens is 2. The number of pyridine rings is 1. The van der Waals surface area contributed by atoms with Crippen LogP contribution in [0, 0.1) is 24.1 Å². The Labute approximate surface area is 272 Å². The van der Waals surface area contributed by atoms with Crippen molar-refractivity contribution in [2.24, 2.45) is 5.92 Å². The SMILES string of the molecule is C#Cc1cccc2cc(O)cc(-c3ncc4c(N5CC6CCC(C5)N6)nc(OC[C@]56C[C@@H](F)CN5[C@H]5CCCC[C@H]5C6)nc4c3F)c12. The minimum atomic E-state index is -0.887. The molecule has 4 aromatic rings. The molecule has 0 radical (unpaired) electrons. The van der Waals surface area contributed by atoms with Crippen molar-refractivity contribution in [1.29, 1.82) is 0 Å². The molecule has 2 bridgehead atoms. The van der Waals surface area contributed by atoms with Crippen LogP contribution in [0.5, 0.6) is 11.8 Å². The van der Waals surface area contributed by atoms with Crippen molar-refractivity contribution in [2.75, 3.05) is 31.1 Å². The second-order valence-electron chi connectivity index (χ2n) is 14.4. The fourth-order valence-electron chi connectivity index (χ4n) is 9.62. The van der Waals surface area contributed by atoms with E-state index in [9.17, 15) is 9.50 Å². The van der Waals surface area contributed by atoms with Gasteiger partial charge in [0.1, 0.15) is 35.6 Å². The summed E-state index contributed by atoms with van der Waals surface area (Å²) < 4.78 is 38.4. The molecule has 4 aliphatic heterocycles. The Bertz CT molecular complexity index is 1940. The van der Waals surface area contributed by atoms with Crippen molar-refractivity contribution in [2.45, 2.75) is 81.2 Å². The summed E-state index contributed by atoms with van der Waals surface area (Å²) in [5, 5.41) is 16.1. The van der Waals surface area contributed by atoms with E-state index < -0.39 is 17.5 Å². The molecule has 8 nitrogen and oxygen atoms in total. The predicted molar refractivity (Wildman–Crippen MR) is 177 cm³/mol. The molecule has 0 amide bonds. The first-order valence-electron chi connectivity index (χ1n) is 17.0. The summed E-state index contributed by atoms with van der Waals surface area (Å²) in [5.74, 6) is 3.19. The zero-order chi connectivity index (χ0) is 31.9. The Morgan fingerprint density at radius 1 is 1.06 bits per heavy atom. The van der Waals surface area contributed by atoms with Crippen molar-refractivity contribution in [3.8, 4) is 35.4 Å². The number of aromatic hydroxyl groups is 1. The van der Waals surface area contributed by atoms with Crippen molar-refractivity contribution < 1.29 is 18.6 Å². The molecule has 2 unspecified atom stereocenters. The second kappa shape index (κ2) is 11.0. The largest absolute Gasteiger partial charge is 0.508 e. The van der Waals surface area contributed by atoms with Gasteiger partial charge in [-0.2, -0.15) is 9.97 Å². The molecular weight excluding hydrogens is 598 g/mol. The first kappa shape index (κ1) is 29.1. The quantitative estimate of drug-likeness (QED) is 0.269. The smallest absolute Gasteiger partial charge is 0.319 e. The summed E-state index contributed by atoms with van der Waals surface area (Å²) in [6.07, 6.45) is 14.8. The number of hydrogen-bond acceptors (Lipinski definition) is 8. The third-order valence-electron chi connectivity index (χ3n) is 11.5. The first-order chi connectivity index (χ1) is 22.9. The lowest BCUT2D eigenvalue weighted by Gasteiger charge is -2.36. The molecule has 0 spiro atoms. The first-order valence-corrected chi connectivity index (χ1v) is 17.0. The van der Waals surface area contributed by atoms with Crippen LogP contribution in [0.15, 0.2) is 36.5 Å². The number of rotatable bonds is 5. The molecule has 47 heavy (non-hydrogen) atoms. The highest BCUT2D eigenvalue weighted by molar-refractivity contribution is 6.02. The van der Waals surface area contributed by atoms with Crippen LogP contribution >= 0.6 is 0 Å². The summed E-state index contributed by atoms with van der Waals surface area (Å²) in [6.45, 7) is 2.18. The highest BCUT2D eigenvalue weighted by Crippen LogP contribution is 2.51. The van der Waals surface area contributed by atoms with Gasteiger partial charge in [-0.15, -0.1) is 6.42 Å². The van der Waals surface area contributed by atoms with Gasteiger partial charge in [0.25, 0.3) is 0 Å². The third-order valence-corrected chi connectivity index (χ3v) is 11.5. The molecule has 1 aliphatic carbocycles. The van der Waals surface area contributed by atoms with Gasteiger partial charge in [-0.3, -0.25) is 9.88 Å². The Morgan fingerprint density at radius 2 is 1.89 bits per heavy atom. The maximum atomic E-state index is 16.9. The number of piperazine rings is 1. The van der Waals surface area contributed by atoms with Crippen LogP contribution in [0.1, 0.15) is 56.9 Å². The number of benzene rings is 2. The summed E-state index contributed by atoms with van der Waals surface area (Å²) >= 11 is 0. The number of hydrogen-bond donors (Lipinski definition) is 2. The van der Waals surface area contributed by atoms with Crippen molar-refractivity contribution in [3.63, 3.8) is 0 Å². The number of fused-ring (bicyclic) bond motifs is 7. The number of alkyl halides is 1. The molecule has 1 saturated carbocycles. The fraction of sp³-hybridized carbons (Fsp3) is 0.486. The van der Waals surface area contributed by atoms with Gasteiger partial charge in [0.05, 0.1) is 10.9 Å². The molecule has 6 heterocycles. The lowest BCUT2D eigenvalue weighted by molar-refractivity contribution is 0.0775. The van der Waals surface area contributed by atoms with E-state index in [1.807, 2.05) is 12.1 Å². The Balaban J connectivity index is 1.16. The van der Waals surface area contributed by atoms with E-state index in [1.165, 1.54) is 25.3 Å². The topological polar surface area (TPSA) is 86.6 Å². The van der Waals surface area contributed by atoms with E-state index >= 15 is 4.39 Å². The van der Waals surface area contributed by atoms with Gasteiger partial charge in [-0.05, 0) is 61.6 Å². The summed E-state index contributed by atoms with van der Waals surface area (Å²) in [6, 6.07) is 9.68. The number of ether oxygens (including phenoxy) is 1. The highest BCUT2D eigenvalue weighted by atomic mass is 19.1. The molecule has 5 fully saturated rings. The number of phenolic OH excluding ortho intramolecular Hbond substituents is 1. The third kappa shape index (κ3) is 4.73. The van der Waals surface area contributed by atoms with Crippen molar-refractivity contribution >= 4 is 27.5 Å². The Morgan fingerprint density at radius 3 is 2.72 bits per heavy atom. The number of terminal acetylenes is 1. The maximum Gasteiger partial charge on any atom is 0.319 e. The standard InChI is InChI=1S/C37H38F2N6O2/c1-2-21-7-5-8-22-12-27(46)13-28(31(21)22)33-32(39)34-29(16-40-33)35(44-18-25-10-11-26(19-44)41-25)43-36(42-34)47-20-37-14-23-6-3-4-9-30(23)45(37)17-24(38)15-37/h1,5,7-8,12-13,16,23-26,30,41,46H,3-4,6,9-11,14-15,17-20H2/t23-,24+,25?,26?,30-,37-/m0/s1. The van der Waals surface area contributed by atoms with E-state index in [0.717, 1.165) is 38.8 Å². The molecular formula is C37H38F2N6O2. The number of nitrogens with one attached hydrogen (secondary N) is 1. The van der Waals surface area contributed by atoms with E-state index in [-0.39, 0.29) is 29.6 Å². The van der Waals surface area contributed by atoms with Crippen LogP contribution in [-0.2, 0) is 0 Å². The van der Waals surface area contributed by atoms with Crippen LogP contribution in [0.2, 0.25) is 0 Å². The maximum absolute atomic E-state index is 16.9. The fourth-order valence-corrected chi connectivity index (χ4v) is 9.62. The van der Waals surface area contributed by atoms with Gasteiger partial charge >= 0.3 is 6.01 Å². The average molecular weight is 637 g/mol. The average Bonchev–Trinajstić information content (AvgIpc) is 3.69. The van der Waals surface area contributed by atoms with E-state index in [0.29, 0.717) is 70.1 Å². The molecule has 5 aliphatic rings. The molecule has 2 aromatic carbocycles. The lowest BCUT2D eigenvalue weighted by Crippen LogP contribution is -2.51. The van der Waals surface area contributed by atoms with Crippen molar-refractivity contribution in [3.05, 3.63) is 47.9 Å². The van der Waals surface area contributed by atoms with Crippen LogP contribution in [0.4, 0.5) is 14.6 Å². The zero-order valence-corrected chi connectivity index (χ0v) is 26.3. The second-order valence-corrected chi connectivity index (χ2v) is 14.4. The Hall–Kier alpha value is -4.07. The van der Waals surface area contributed by atoms with Gasteiger partial charge < -0.3 is 20.1 Å². The highest BCUT2D eigenvalue weighted by Gasteiger charge is 2.57. The summed E-state index contributed by atoms with van der Waals surface area (Å²) in [5.41, 5.74) is 0.697. The molecule has 242 valence electrons. The predicted octanol–water partition coefficient (Wildman–Crippen LogP) is 5.74. The molecule has 4 saturated heterocycles. The number of anilines is 1. The molecule has 6 atom stereocenters. The van der Waals surface area contributed by atoms with Gasteiger partial charge in [0.2, 0.25) is 0 Å². The minimum Gasteiger partial charge on any atom is -0.508 e. The van der Waals surface area contributed by atoms with Crippen molar-refractivity contribution in [1.82, 2.24) is 25.2 Å². The summed E-state index contributed by atoms with van der Waals surface area (Å²) in [7, 11) is 0. The number of phenols is 1.